The summed E-state index contributed by atoms with van der Waals surface area (Å²) >= 11 is 0. The van der Waals surface area contributed by atoms with E-state index in [1.807, 2.05) is 0 Å². The van der Waals surface area contributed by atoms with Gasteiger partial charge in [-0.05, 0) is 0 Å². The van der Waals surface area contributed by atoms with Gasteiger partial charge in [0.1, 0.15) is 5.75 Å². The molecular weight excluding hydrogens is 206 g/mol. The Morgan fingerprint density at radius 2 is 2.07 bits per heavy atom. The van der Waals surface area contributed by atoms with E-state index in [1.165, 1.54) is 20.4 Å². The van der Waals surface area contributed by atoms with Crippen LogP contribution in [0, 0.1) is 0 Å². The molecule has 2 N–H and O–H groups in total. The van der Waals surface area contributed by atoms with Crippen molar-refractivity contribution in [1.82, 2.24) is 4.98 Å². The Bertz CT molecular complexity index is 345. The standard InChI is InChI=1S/C9H12F2N2O2/c1-14-6-4-13-9(15-2)5(3-12)7(6)8(10)11/h4,8H,3,12H2,1-2H3. The summed E-state index contributed by atoms with van der Waals surface area (Å²) in [7, 11) is 2.65. The maximum absolute atomic E-state index is 12.8. The Morgan fingerprint density at radius 3 is 2.47 bits per heavy atom. The number of methoxy groups -OCH3 is 2. The molecule has 0 aliphatic heterocycles. The van der Waals surface area contributed by atoms with Gasteiger partial charge >= 0.3 is 0 Å². The summed E-state index contributed by atoms with van der Waals surface area (Å²) in [5.41, 5.74) is 5.29. The van der Waals surface area contributed by atoms with Crippen molar-refractivity contribution < 1.29 is 18.3 Å². The van der Waals surface area contributed by atoms with Crippen LogP contribution in [0.2, 0.25) is 0 Å². The number of alkyl halides is 2. The van der Waals surface area contributed by atoms with Gasteiger partial charge < -0.3 is 15.2 Å². The topological polar surface area (TPSA) is 57.4 Å². The van der Waals surface area contributed by atoms with Crippen molar-refractivity contribution in [3.05, 3.63) is 17.3 Å². The predicted octanol–water partition coefficient (Wildman–Crippen LogP) is 1.50. The predicted molar refractivity (Wildman–Crippen MR) is 50.2 cm³/mol. The van der Waals surface area contributed by atoms with Crippen molar-refractivity contribution in [2.75, 3.05) is 14.2 Å². The van der Waals surface area contributed by atoms with E-state index in [1.54, 1.807) is 0 Å². The zero-order chi connectivity index (χ0) is 11.4. The number of nitrogens with two attached hydrogens (primary N) is 1. The van der Waals surface area contributed by atoms with E-state index in [0.717, 1.165) is 0 Å². The molecule has 1 aromatic heterocycles. The van der Waals surface area contributed by atoms with E-state index >= 15 is 0 Å². The van der Waals surface area contributed by atoms with Gasteiger partial charge in [-0.15, -0.1) is 0 Å². The van der Waals surface area contributed by atoms with Gasteiger partial charge in [-0.1, -0.05) is 0 Å². The van der Waals surface area contributed by atoms with Crippen molar-refractivity contribution in [2.24, 2.45) is 5.73 Å². The Hall–Kier alpha value is -1.43. The molecule has 0 bridgehead atoms. The van der Waals surface area contributed by atoms with E-state index in [4.69, 9.17) is 15.2 Å². The Balaban J connectivity index is 3.37. The van der Waals surface area contributed by atoms with Crippen LogP contribution in [0.3, 0.4) is 0 Å². The first kappa shape index (κ1) is 11.6. The smallest absolute Gasteiger partial charge is 0.267 e. The lowest BCUT2D eigenvalue weighted by Gasteiger charge is -2.14. The third-order valence-corrected chi connectivity index (χ3v) is 1.98. The highest BCUT2D eigenvalue weighted by Crippen LogP contribution is 2.35. The summed E-state index contributed by atoms with van der Waals surface area (Å²) in [6.07, 6.45) is -1.48. The minimum Gasteiger partial charge on any atom is -0.495 e. The average Bonchev–Trinajstić information content (AvgIpc) is 2.26. The minimum atomic E-state index is -2.67. The molecule has 0 saturated heterocycles. The van der Waals surface area contributed by atoms with Gasteiger partial charge in [-0.3, -0.25) is 0 Å². The van der Waals surface area contributed by atoms with Crippen molar-refractivity contribution in [3.8, 4) is 11.6 Å². The number of aromatic nitrogens is 1. The molecule has 1 heterocycles. The molecule has 0 aliphatic rings. The van der Waals surface area contributed by atoms with E-state index < -0.39 is 6.43 Å². The van der Waals surface area contributed by atoms with Gasteiger partial charge in [0.15, 0.2) is 0 Å². The highest BCUT2D eigenvalue weighted by atomic mass is 19.3. The van der Waals surface area contributed by atoms with Crippen LogP contribution in [0.15, 0.2) is 6.20 Å². The van der Waals surface area contributed by atoms with Crippen LogP contribution in [-0.4, -0.2) is 19.2 Å². The zero-order valence-corrected chi connectivity index (χ0v) is 8.46. The van der Waals surface area contributed by atoms with Crippen LogP contribution < -0.4 is 15.2 Å². The number of rotatable bonds is 4. The van der Waals surface area contributed by atoms with Crippen LogP contribution in [0.1, 0.15) is 17.6 Å². The minimum absolute atomic E-state index is 0.0197. The van der Waals surface area contributed by atoms with Crippen molar-refractivity contribution in [1.29, 1.82) is 0 Å². The molecule has 0 aliphatic carbocycles. The number of halogens is 2. The molecule has 1 rings (SSSR count). The summed E-state index contributed by atoms with van der Waals surface area (Å²) in [5, 5.41) is 0. The first-order chi connectivity index (χ1) is 7.15. The summed E-state index contributed by atoms with van der Waals surface area (Å²) in [6.45, 7) is -0.0763. The molecule has 0 atom stereocenters. The second-order valence-electron chi connectivity index (χ2n) is 2.73. The number of ether oxygens (including phenoxy) is 2. The molecule has 0 saturated carbocycles. The average molecular weight is 218 g/mol. The Labute approximate surface area is 86.0 Å². The molecule has 84 valence electrons. The number of hydrogen-bond acceptors (Lipinski definition) is 4. The van der Waals surface area contributed by atoms with Crippen LogP contribution >= 0.6 is 0 Å². The molecule has 0 radical (unpaired) electrons. The van der Waals surface area contributed by atoms with Crippen LogP contribution in [0.5, 0.6) is 11.6 Å². The normalized spacial score (nSPS) is 10.5. The molecule has 4 nitrogen and oxygen atoms in total. The van der Waals surface area contributed by atoms with Gasteiger partial charge in [0.2, 0.25) is 5.88 Å². The molecule has 0 amide bonds. The van der Waals surface area contributed by atoms with Gasteiger partial charge in [0.05, 0.1) is 26.0 Å². The fourth-order valence-electron chi connectivity index (χ4n) is 1.30. The van der Waals surface area contributed by atoms with Crippen molar-refractivity contribution in [2.45, 2.75) is 13.0 Å². The monoisotopic (exact) mass is 218 g/mol. The second-order valence-corrected chi connectivity index (χ2v) is 2.73. The molecule has 0 aromatic carbocycles. The maximum Gasteiger partial charge on any atom is 0.267 e. The van der Waals surface area contributed by atoms with Crippen LogP contribution in [0.25, 0.3) is 0 Å². The third kappa shape index (κ3) is 2.15. The first-order valence-corrected chi connectivity index (χ1v) is 4.23. The fraction of sp³-hybridized carbons (Fsp3) is 0.444. The molecule has 0 unspecified atom stereocenters. The highest BCUT2D eigenvalue weighted by Gasteiger charge is 2.22. The summed E-state index contributed by atoms with van der Waals surface area (Å²) in [4.78, 5) is 3.82. The molecule has 0 spiro atoms. The lowest BCUT2D eigenvalue weighted by molar-refractivity contribution is 0.145. The summed E-state index contributed by atoms with van der Waals surface area (Å²) < 4.78 is 35.2. The SMILES string of the molecule is COc1cnc(OC)c(CN)c1C(F)F. The molecular formula is C9H12F2N2O2. The largest absolute Gasteiger partial charge is 0.495 e. The molecule has 15 heavy (non-hydrogen) atoms. The fourth-order valence-corrected chi connectivity index (χ4v) is 1.30. The van der Waals surface area contributed by atoms with Gasteiger partial charge in [-0.2, -0.15) is 0 Å². The maximum atomic E-state index is 12.8. The lowest BCUT2D eigenvalue weighted by Crippen LogP contribution is -2.08. The van der Waals surface area contributed by atoms with Crippen molar-refractivity contribution >= 4 is 0 Å². The Morgan fingerprint density at radius 1 is 1.40 bits per heavy atom. The van der Waals surface area contributed by atoms with E-state index in [9.17, 15) is 8.78 Å². The second kappa shape index (κ2) is 4.88. The van der Waals surface area contributed by atoms with E-state index in [0.29, 0.717) is 0 Å². The number of hydrogen-bond donors (Lipinski definition) is 1. The number of pyridine rings is 1. The van der Waals surface area contributed by atoms with E-state index in [2.05, 4.69) is 4.98 Å². The first-order valence-electron chi connectivity index (χ1n) is 4.23. The summed E-state index contributed by atoms with van der Waals surface area (Å²) in [6, 6.07) is 0. The Kier molecular flexibility index (Phi) is 3.79. The lowest BCUT2D eigenvalue weighted by atomic mass is 10.1. The molecule has 0 fully saturated rings. The van der Waals surface area contributed by atoms with Gasteiger partial charge in [0, 0.05) is 12.1 Å². The van der Waals surface area contributed by atoms with Gasteiger partial charge in [0.25, 0.3) is 6.43 Å². The molecule has 6 heteroatoms. The quantitative estimate of drug-likeness (QED) is 0.831. The van der Waals surface area contributed by atoms with Crippen LogP contribution in [-0.2, 0) is 6.54 Å². The molecule has 1 aromatic rings. The van der Waals surface area contributed by atoms with Crippen molar-refractivity contribution in [3.63, 3.8) is 0 Å². The highest BCUT2D eigenvalue weighted by molar-refractivity contribution is 5.44. The zero-order valence-electron chi connectivity index (χ0n) is 8.46. The number of nitrogens with zero attached hydrogens (tertiary/aromatic N) is 1. The third-order valence-electron chi connectivity index (χ3n) is 1.98. The van der Waals surface area contributed by atoms with Gasteiger partial charge in [-0.25, -0.2) is 13.8 Å². The van der Waals surface area contributed by atoms with E-state index in [-0.39, 0.29) is 29.3 Å². The van der Waals surface area contributed by atoms with Crippen LogP contribution in [0.4, 0.5) is 8.78 Å². The summed E-state index contributed by atoms with van der Waals surface area (Å²) in [5.74, 6) is 0.125.